The molecule has 218 valence electrons. The summed E-state index contributed by atoms with van der Waals surface area (Å²) < 4.78 is 17.2. The van der Waals surface area contributed by atoms with Crippen LogP contribution >= 0.6 is 0 Å². The summed E-state index contributed by atoms with van der Waals surface area (Å²) in [6.07, 6.45) is -8.49. The molecule has 39 heavy (non-hydrogen) atoms. The van der Waals surface area contributed by atoms with Crippen LogP contribution in [0.4, 0.5) is 0 Å². The maximum absolute atomic E-state index is 12.4. The first-order chi connectivity index (χ1) is 18.3. The lowest BCUT2D eigenvalue weighted by Crippen LogP contribution is -2.68. The Morgan fingerprint density at radius 3 is 2.59 bits per heavy atom. The molecule has 0 unspecified atom stereocenters. The van der Waals surface area contributed by atoms with Crippen LogP contribution in [0.5, 0.6) is 0 Å². The second kappa shape index (κ2) is 14.5. The largest absolute Gasteiger partial charge is 0.477 e. The number of nitrogens with zero attached hydrogens (tertiary/aromatic N) is 3. The molecule has 1 heterocycles. The molecule has 1 aromatic rings. The molecule has 2 rings (SSSR count). The van der Waals surface area contributed by atoms with Gasteiger partial charge in [0.2, 0.25) is 5.91 Å². The van der Waals surface area contributed by atoms with E-state index in [1.54, 1.807) is 0 Å². The predicted octanol–water partition coefficient (Wildman–Crippen LogP) is 0.480. The first-order valence-electron chi connectivity index (χ1n) is 12.5. The number of aryl methyl sites for hydroxylation is 1. The molecule has 1 aliphatic heterocycles. The summed E-state index contributed by atoms with van der Waals surface area (Å²) in [5.41, 5.74) is 11.8. The fourth-order valence-corrected chi connectivity index (χ4v) is 4.42. The van der Waals surface area contributed by atoms with Crippen molar-refractivity contribution in [3.05, 3.63) is 45.3 Å². The van der Waals surface area contributed by atoms with Crippen LogP contribution in [0.15, 0.2) is 23.3 Å². The quantitative estimate of drug-likeness (QED) is 0.106. The fraction of sp³-hybridized carbons (Fsp3) is 0.680. The number of amides is 1. The van der Waals surface area contributed by atoms with Gasteiger partial charge >= 0.3 is 5.97 Å². The van der Waals surface area contributed by atoms with Crippen LogP contribution in [-0.2, 0) is 30.4 Å². The highest BCUT2D eigenvalue weighted by Crippen LogP contribution is 2.34. The van der Waals surface area contributed by atoms with Gasteiger partial charge in [-0.2, -0.15) is 0 Å². The number of rotatable bonds is 14. The zero-order valence-electron chi connectivity index (χ0n) is 22.4. The Labute approximate surface area is 226 Å². The number of carbonyl (C=O) groups excluding carboxylic acids is 1. The van der Waals surface area contributed by atoms with Gasteiger partial charge in [0.15, 0.2) is 0 Å². The molecule has 14 heteroatoms. The number of carboxylic acid groups (broad SMARTS) is 1. The topological polar surface area (TPSA) is 224 Å². The summed E-state index contributed by atoms with van der Waals surface area (Å²) >= 11 is 0. The Kier molecular flexibility index (Phi) is 12.1. The van der Waals surface area contributed by atoms with Gasteiger partial charge in [-0.3, -0.25) is 4.79 Å². The minimum Gasteiger partial charge on any atom is -0.477 e. The maximum Gasteiger partial charge on any atom is 0.364 e. The second-order valence-electron chi connectivity index (χ2n) is 9.89. The lowest BCUT2D eigenvalue weighted by Gasteiger charge is -2.46. The summed E-state index contributed by atoms with van der Waals surface area (Å²) in [7, 11) is 0. The van der Waals surface area contributed by atoms with E-state index in [4.69, 9.17) is 19.7 Å². The molecule has 1 amide bonds. The number of carbonyl (C=O) groups is 2. The number of carboxylic acids is 1. The van der Waals surface area contributed by atoms with E-state index in [0.29, 0.717) is 0 Å². The Bertz CT molecular complexity index is 1030. The number of azide groups is 1. The fourth-order valence-electron chi connectivity index (χ4n) is 4.42. The zero-order valence-corrected chi connectivity index (χ0v) is 22.4. The van der Waals surface area contributed by atoms with Crippen molar-refractivity contribution in [1.82, 2.24) is 5.32 Å². The molecule has 6 N–H and O–H groups in total. The summed E-state index contributed by atoms with van der Waals surface area (Å²) in [6, 6.07) is 4.61. The lowest BCUT2D eigenvalue weighted by atomic mass is 9.88. The molecule has 0 aromatic heterocycles. The SMILES string of the molecule is CC(=O)N[C@H]1[C@H]([C@@H](O)[C@H](O)CO)O[C@](OC[C@@H](CN=[N+]=[N-])OCc2cc(C)ccc2C(C)C)(C(=O)O)C[C@@H]1O. The van der Waals surface area contributed by atoms with E-state index >= 15 is 0 Å². The van der Waals surface area contributed by atoms with E-state index < -0.39 is 73.9 Å². The molecule has 0 spiro atoms. The molecule has 0 saturated carbocycles. The second-order valence-corrected chi connectivity index (χ2v) is 9.89. The van der Waals surface area contributed by atoms with Gasteiger partial charge in [-0.25, -0.2) is 4.79 Å². The number of hydrogen-bond donors (Lipinski definition) is 6. The molecular weight excluding hydrogens is 516 g/mol. The normalized spacial score (nSPS) is 25.4. The molecule has 0 bridgehead atoms. The Morgan fingerprint density at radius 2 is 2.03 bits per heavy atom. The van der Waals surface area contributed by atoms with Gasteiger partial charge in [-0.1, -0.05) is 42.7 Å². The van der Waals surface area contributed by atoms with Crippen molar-refractivity contribution in [2.75, 3.05) is 19.8 Å². The minimum absolute atomic E-state index is 0.113. The molecule has 1 saturated heterocycles. The molecule has 0 aliphatic carbocycles. The maximum atomic E-state index is 12.4. The van der Waals surface area contributed by atoms with Crippen LogP contribution in [0.1, 0.15) is 49.8 Å². The third-order valence-corrected chi connectivity index (χ3v) is 6.43. The van der Waals surface area contributed by atoms with Crippen LogP contribution in [0.3, 0.4) is 0 Å². The van der Waals surface area contributed by atoms with Gasteiger partial charge in [-0.05, 0) is 29.5 Å². The highest BCUT2D eigenvalue weighted by atomic mass is 16.7. The van der Waals surface area contributed by atoms with Crippen molar-refractivity contribution in [2.24, 2.45) is 5.11 Å². The van der Waals surface area contributed by atoms with Crippen molar-refractivity contribution in [3.63, 3.8) is 0 Å². The molecule has 0 radical (unpaired) electrons. The standard InChI is InChI=1S/C25H38N4O10/c1-13(2)18-6-5-14(3)7-16(18)11-37-17(9-27-29-26)12-38-25(24(35)36)8-19(32)21(28-15(4)31)23(39-25)22(34)20(33)10-30/h5-7,13,17,19-23,30,32-34H,8-12H2,1-4H3,(H,28,31)(H,35,36)/t17-,19+,20-,21-,22+,23-,25+/m1/s1. The first-order valence-corrected chi connectivity index (χ1v) is 12.5. The smallest absolute Gasteiger partial charge is 0.364 e. The highest BCUT2D eigenvalue weighted by Gasteiger charge is 2.56. The number of ether oxygens (including phenoxy) is 3. The van der Waals surface area contributed by atoms with Crippen molar-refractivity contribution in [2.45, 2.75) is 89.0 Å². The third-order valence-electron chi connectivity index (χ3n) is 6.43. The van der Waals surface area contributed by atoms with Gasteiger partial charge < -0.3 is 45.1 Å². The zero-order chi connectivity index (χ0) is 29.3. The van der Waals surface area contributed by atoms with Gasteiger partial charge in [-0.15, -0.1) is 0 Å². The highest BCUT2D eigenvalue weighted by molar-refractivity contribution is 5.76. The average molecular weight is 555 g/mol. The molecule has 14 nitrogen and oxygen atoms in total. The van der Waals surface area contributed by atoms with Crippen molar-refractivity contribution in [1.29, 1.82) is 0 Å². The number of hydrogen-bond acceptors (Lipinski definition) is 10. The van der Waals surface area contributed by atoms with Gasteiger partial charge in [0.1, 0.15) is 18.3 Å². The summed E-state index contributed by atoms with van der Waals surface area (Å²) in [6.45, 7) is 5.70. The van der Waals surface area contributed by atoms with E-state index in [1.807, 2.05) is 39.0 Å². The molecule has 7 atom stereocenters. The van der Waals surface area contributed by atoms with E-state index in [-0.39, 0.29) is 19.1 Å². The van der Waals surface area contributed by atoms with Crippen LogP contribution in [0, 0.1) is 6.92 Å². The predicted molar refractivity (Wildman–Crippen MR) is 136 cm³/mol. The third kappa shape index (κ3) is 8.59. The summed E-state index contributed by atoms with van der Waals surface area (Å²) in [5, 5.41) is 56.4. The molecular formula is C25H38N4O10. The number of aliphatic hydroxyl groups excluding tert-OH is 4. The lowest BCUT2D eigenvalue weighted by molar-refractivity contribution is -0.315. The monoisotopic (exact) mass is 554 g/mol. The molecule has 1 fully saturated rings. The van der Waals surface area contributed by atoms with Crippen LogP contribution in [0.25, 0.3) is 10.4 Å². The molecule has 1 aliphatic rings. The van der Waals surface area contributed by atoms with Crippen LogP contribution in [0.2, 0.25) is 0 Å². The first kappa shape index (κ1) is 32.4. The van der Waals surface area contributed by atoms with E-state index in [2.05, 4.69) is 15.3 Å². The molecule has 1 aromatic carbocycles. The number of aliphatic carboxylic acids is 1. The number of aliphatic hydroxyl groups is 4. The Hall–Kier alpha value is -2.81. The van der Waals surface area contributed by atoms with Crippen molar-refractivity contribution < 1.29 is 49.3 Å². The number of benzene rings is 1. The van der Waals surface area contributed by atoms with Crippen molar-refractivity contribution in [3.8, 4) is 0 Å². The minimum atomic E-state index is -2.53. The summed E-state index contributed by atoms with van der Waals surface area (Å²) in [4.78, 5) is 26.8. The summed E-state index contributed by atoms with van der Waals surface area (Å²) in [5.74, 6) is -4.58. The van der Waals surface area contributed by atoms with E-state index in [9.17, 15) is 35.1 Å². The average Bonchev–Trinajstić information content (AvgIpc) is 2.88. The number of nitrogens with one attached hydrogen (secondary N) is 1. The van der Waals surface area contributed by atoms with E-state index in [0.717, 1.165) is 23.6 Å². The van der Waals surface area contributed by atoms with Gasteiger partial charge in [0.25, 0.3) is 5.79 Å². The van der Waals surface area contributed by atoms with Crippen LogP contribution in [-0.4, -0.2) is 99.5 Å². The van der Waals surface area contributed by atoms with Crippen LogP contribution < -0.4 is 5.32 Å². The Morgan fingerprint density at radius 1 is 1.33 bits per heavy atom. The van der Waals surface area contributed by atoms with Gasteiger partial charge in [0.05, 0.1) is 44.6 Å². The van der Waals surface area contributed by atoms with Gasteiger partial charge in [0, 0.05) is 18.3 Å². The van der Waals surface area contributed by atoms with E-state index in [1.165, 1.54) is 0 Å². The Balaban J connectivity index is 2.29. The van der Waals surface area contributed by atoms with Crippen molar-refractivity contribution >= 4 is 11.9 Å².